The Morgan fingerprint density at radius 1 is 1.09 bits per heavy atom. The Kier molecular flexibility index (Phi) is 8.55. The zero-order valence-electron chi connectivity index (χ0n) is 19.3. The highest BCUT2D eigenvalue weighted by atomic mass is 32.2. The normalized spacial score (nSPS) is 14.5. The molecule has 1 N–H and O–H groups in total. The van der Waals surface area contributed by atoms with E-state index in [0.717, 1.165) is 42.4 Å². The molecule has 0 aromatic heterocycles. The molecule has 172 valence electrons. The van der Waals surface area contributed by atoms with E-state index in [9.17, 15) is 9.59 Å². The predicted octanol–water partition coefficient (Wildman–Crippen LogP) is 3.36. The van der Waals surface area contributed by atoms with Crippen LogP contribution in [0.2, 0.25) is 0 Å². The van der Waals surface area contributed by atoms with Crippen LogP contribution in [0.1, 0.15) is 22.3 Å². The van der Waals surface area contributed by atoms with Crippen LogP contribution in [0.25, 0.3) is 0 Å². The molecule has 1 heterocycles. The van der Waals surface area contributed by atoms with E-state index in [2.05, 4.69) is 17.3 Å². The largest absolute Gasteiger partial charge is 0.497 e. The number of benzene rings is 2. The van der Waals surface area contributed by atoms with Crippen LogP contribution in [0.4, 0.5) is 5.69 Å². The van der Waals surface area contributed by atoms with Crippen molar-refractivity contribution in [2.45, 2.75) is 18.2 Å². The number of hydrogen-bond acceptors (Lipinski definition) is 6. The van der Waals surface area contributed by atoms with Crippen LogP contribution in [0.3, 0.4) is 0 Å². The molecule has 32 heavy (non-hydrogen) atoms. The van der Waals surface area contributed by atoms with E-state index in [4.69, 9.17) is 4.74 Å². The van der Waals surface area contributed by atoms with Gasteiger partial charge < -0.3 is 19.9 Å². The number of aryl methyl sites for hydroxylation is 1. The summed E-state index contributed by atoms with van der Waals surface area (Å²) < 4.78 is 7.29. The summed E-state index contributed by atoms with van der Waals surface area (Å²) in [5.41, 5.74) is 2.49. The van der Waals surface area contributed by atoms with Gasteiger partial charge in [0.1, 0.15) is 5.75 Å². The molecule has 2 amide bonds. The van der Waals surface area contributed by atoms with Crippen LogP contribution in [0, 0.1) is 6.92 Å². The number of nitrogens with one attached hydrogen (secondary N) is 1. The molecule has 0 bridgehead atoms. The minimum absolute atomic E-state index is 0.0449. The number of amides is 2. The van der Waals surface area contributed by atoms with Crippen LogP contribution in [-0.4, -0.2) is 79.8 Å². The van der Waals surface area contributed by atoms with Gasteiger partial charge >= 0.3 is 0 Å². The maximum absolute atomic E-state index is 12.6. The summed E-state index contributed by atoms with van der Waals surface area (Å²) in [5.74, 6) is 0.829. The first-order chi connectivity index (χ1) is 15.4. The van der Waals surface area contributed by atoms with Crippen LogP contribution >= 0.6 is 11.9 Å². The maximum Gasteiger partial charge on any atom is 0.253 e. The second-order valence-corrected chi connectivity index (χ2v) is 9.29. The Morgan fingerprint density at radius 3 is 2.41 bits per heavy atom. The average molecular weight is 457 g/mol. The monoisotopic (exact) mass is 456 g/mol. The number of carbonyl (C=O) groups is 2. The standard InChI is InChI=1S/C24H32N4O3S/c1-18-17-21(31-4)9-10-22(18)32-27(3)12-11-23(29)25-20-7-5-19(6-8-20)24(30)28-15-13-26(2)14-16-28/h5-10,17H,11-16H2,1-4H3,(H,25,29). The van der Waals surface area contributed by atoms with E-state index in [1.165, 1.54) is 0 Å². The van der Waals surface area contributed by atoms with Crippen LogP contribution in [-0.2, 0) is 4.79 Å². The van der Waals surface area contributed by atoms with Crippen LogP contribution in [0.15, 0.2) is 47.4 Å². The molecule has 1 aliphatic heterocycles. The molecule has 1 saturated heterocycles. The molecule has 0 unspecified atom stereocenters. The number of nitrogens with zero attached hydrogens (tertiary/aromatic N) is 3. The van der Waals surface area contributed by atoms with Gasteiger partial charge in [-0.3, -0.25) is 9.59 Å². The summed E-state index contributed by atoms with van der Waals surface area (Å²) in [4.78, 5) is 30.2. The number of anilines is 1. The van der Waals surface area contributed by atoms with Crippen molar-refractivity contribution < 1.29 is 14.3 Å². The van der Waals surface area contributed by atoms with Gasteiger partial charge in [-0.25, -0.2) is 4.31 Å². The second-order valence-electron chi connectivity index (χ2n) is 8.05. The van der Waals surface area contributed by atoms with Crippen LogP contribution < -0.4 is 10.1 Å². The molecule has 2 aromatic rings. The molecule has 0 spiro atoms. The van der Waals surface area contributed by atoms with Gasteiger partial charge in [-0.05, 0) is 81.0 Å². The van der Waals surface area contributed by atoms with Gasteiger partial charge in [-0.1, -0.05) is 0 Å². The molecule has 0 aliphatic carbocycles. The molecule has 0 saturated carbocycles. The average Bonchev–Trinajstić information content (AvgIpc) is 2.79. The van der Waals surface area contributed by atoms with Crippen molar-refractivity contribution >= 4 is 29.4 Å². The number of rotatable bonds is 8. The van der Waals surface area contributed by atoms with Crippen molar-refractivity contribution in [3.05, 3.63) is 53.6 Å². The first-order valence-electron chi connectivity index (χ1n) is 10.8. The van der Waals surface area contributed by atoms with E-state index >= 15 is 0 Å². The zero-order chi connectivity index (χ0) is 23.1. The highest BCUT2D eigenvalue weighted by Gasteiger charge is 2.20. The van der Waals surface area contributed by atoms with Crippen molar-refractivity contribution in [1.29, 1.82) is 0 Å². The molecular formula is C24H32N4O3S. The first-order valence-corrected chi connectivity index (χ1v) is 11.5. The number of ether oxygens (including phenoxy) is 1. The second kappa shape index (κ2) is 11.4. The van der Waals surface area contributed by atoms with E-state index in [1.807, 2.05) is 41.4 Å². The Hall–Kier alpha value is -2.55. The van der Waals surface area contributed by atoms with Crippen molar-refractivity contribution in [2.75, 3.05) is 59.2 Å². The lowest BCUT2D eigenvalue weighted by Crippen LogP contribution is -2.47. The van der Waals surface area contributed by atoms with Gasteiger partial charge in [-0.15, -0.1) is 0 Å². The number of methoxy groups -OCH3 is 1. The maximum atomic E-state index is 12.6. The van der Waals surface area contributed by atoms with Crippen molar-refractivity contribution in [3.8, 4) is 5.75 Å². The van der Waals surface area contributed by atoms with Gasteiger partial charge in [0.15, 0.2) is 0 Å². The Morgan fingerprint density at radius 2 is 1.78 bits per heavy atom. The summed E-state index contributed by atoms with van der Waals surface area (Å²) >= 11 is 1.61. The summed E-state index contributed by atoms with van der Waals surface area (Å²) in [7, 11) is 5.70. The van der Waals surface area contributed by atoms with E-state index < -0.39 is 0 Å². The molecular weight excluding hydrogens is 424 g/mol. The molecule has 8 heteroatoms. The topological polar surface area (TPSA) is 65.1 Å². The lowest BCUT2D eigenvalue weighted by molar-refractivity contribution is -0.116. The lowest BCUT2D eigenvalue weighted by Gasteiger charge is -2.32. The Labute approximate surface area is 194 Å². The molecule has 2 aromatic carbocycles. The molecule has 3 rings (SSSR count). The smallest absolute Gasteiger partial charge is 0.253 e. The third-order valence-electron chi connectivity index (χ3n) is 5.50. The van der Waals surface area contributed by atoms with Gasteiger partial charge in [0.25, 0.3) is 5.91 Å². The molecule has 1 aliphatic rings. The third-order valence-corrected chi connectivity index (χ3v) is 6.65. The number of carbonyl (C=O) groups excluding carboxylic acids is 2. The summed E-state index contributed by atoms with van der Waals surface area (Å²) in [6.45, 7) is 5.94. The number of likely N-dealkylation sites (N-methyl/N-ethyl adjacent to an activating group) is 1. The summed E-state index contributed by atoms with van der Waals surface area (Å²) in [5, 5.41) is 2.92. The van der Waals surface area contributed by atoms with E-state index in [0.29, 0.717) is 24.2 Å². The quantitative estimate of drug-likeness (QED) is 0.615. The molecule has 0 atom stereocenters. The molecule has 7 nitrogen and oxygen atoms in total. The number of piperazine rings is 1. The fourth-order valence-corrected chi connectivity index (χ4v) is 4.29. The van der Waals surface area contributed by atoms with Gasteiger partial charge in [0.2, 0.25) is 5.91 Å². The minimum atomic E-state index is -0.0537. The SMILES string of the molecule is COc1ccc(SN(C)CCC(=O)Nc2ccc(C(=O)N3CCN(C)CC3)cc2)c(C)c1. The van der Waals surface area contributed by atoms with Crippen molar-refractivity contribution in [3.63, 3.8) is 0 Å². The van der Waals surface area contributed by atoms with Crippen LogP contribution in [0.5, 0.6) is 5.75 Å². The fourth-order valence-electron chi connectivity index (χ4n) is 3.44. The predicted molar refractivity (Wildman–Crippen MR) is 129 cm³/mol. The lowest BCUT2D eigenvalue weighted by atomic mass is 10.1. The molecule has 1 fully saturated rings. The number of hydrogen-bond donors (Lipinski definition) is 1. The van der Waals surface area contributed by atoms with Crippen molar-refractivity contribution in [2.24, 2.45) is 0 Å². The Balaban J connectivity index is 1.45. The molecule has 0 radical (unpaired) electrons. The van der Waals surface area contributed by atoms with E-state index in [1.54, 1.807) is 43.3 Å². The zero-order valence-corrected chi connectivity index (χ0v) is 20.1. The fraction of sp³-hybridized carbons (Fsp3) is 0.417. The third kappa shape index (κ3) is 6.72. The van der Waals surface area contributed by atoms with E-state index in [-0.39, 0.29) is 11.8 Å². The summed E-state index contributed by atoms with van der Waals surface area (Å²) in [6.07, 6.45) is 0.376. The van der Waals surface area contributed by atoms with Crippen molar-refractivity contribution in [1.82, 2.24) is 14.1 Å². The minimum Gasteiger partial charge on any atom is -0.497 e. The first kappa shape index (κ1) is 24.1. The highest BCUT2D eigenvalue weighted by molar-refractivity contribution is 7.97. The highest BCUT2D eigenvalue weighted by Crippen LogP contribution is 2.28. The summed E-state index contributed by atoms with van der Waals surface area (Å²) in [6, 6.07) is 13.1. The van der Waals surface area contributed by atoms with Gasteiger partial charge in [-0.2, -0.15) is 0 Å². The van der Waals surface area contributed by atoms with Gasteiger partial charge in [0, 0.05) is 55.3 Å². The van der Waals surface area contributed by atoms with Gasteiger partial charge in [0.05, 0.1) is 7.11 Å². The Bertz CT molecular complexity index is 927.